The van der Waals surface area contributed by atoms with E-state index in [4.69, 9.17) is 0 Å². The predicted molar refractivity (Wildman–Crippen MR) is 107 cm³/mol. The van der Waals surface area contributed by atoms with Crippen LogP contribution in [0.4, 0.5) is 0 Å². The van der Waals surface area contributed by atoms with E-state index >= 15 is 0 Å². The second-order valence-corrected chi connectivity index (χ2v) is 7.74. The summed E-state index contributed by atoms with van der Waals surface area (Å²) >= 11 is 0. The number of amides is 2. The van der Waals surface area contributed by atoms with Gasteiger partial charge in [-0.2, -0.15) is 0 Å². The molecule has 1 saturated heterocycles. The number of H-pyrrole nitrogens is 1. The number of carbonyl (C=O) groups is 2. The zero-order valence-electron chi connectivity index (χ0n) is 16.7. The first kappa shape index (κ1) is 19.2. The molecule has 3 rings (SSSR count). The Hall–Kier alpha value is -2.56. The Morgan fingerprint density at radius 1 is 1.00 bits per heavy atom. The minimum Gasteiger partial charge on any atom is -0.362 e. The lowest BCUT2D eigenvalue weighted by Gasteiger charge is -2.35. The molecule has 2 heterocycles. The number of nitrogens with one attached hydrogen (secondary N) is 1. The molecular formula is C22H29N3O2. The van der Waals surface area contributed by atoms with E-state index in [1.807, 2.05) is 41.8 Å². The van der Waals surface area contributed by atoms with Crippen molar-refractivity contribution in [2.24, 2.45) is 0 Å². The number of carbonyl (C=O) groups excluding carboxylic acids is 2. The molecule has 1 fully saturated rings. The van der Waals surface area contributed by atoms with Gasteiger partial charge in [-0.1, -0.05) is 38.1 Å². The van der Waals surface area contributed by atoms with Crippen LogP contribution in [-0.4, -0.2) is 52.8 Å². The van der Waals surface area contributed by atoms with Crippen LogP contribution >= 0.6 is 0 Å². The molecular weight excluding hydrogens is 338 g/mol. The van der Waals surface area contributed by atoms with Gasteiger partial charge in [0.1, 0.15) is 0 Å². The van der Waals surface area contributed by atoms with Crippen LogP contribution in [0.3, 0.4) is 0 Å². The van der Waals surface area contributed by atoms with Crippen LogP contribution in [0.2, 0.25) is 0 Å². The standard InChI is InChI=1S/C22H29N3O2/c1-15(2)19-7-5-18(6-8-19)14-21(26)24-9-11-25(12-10-24)22(27)20-13-16(3)23-17(20)4/h5-8,13,15,23H,9-12,14H2,1-4H3. The molecule has 5 nitrogen and oxygen atoms in total. The summed E-state index contributed by atoms with van der Waals surface area (Å²) in [6, 6.07) is 10.2. The zero-order chi connectivity index (χ0) is 19.6. The summed E-state index contributed by atoms with van der Waals surface area (Å²) < 4.78 is 0. The largest absolute Gasteiger partial charge is 0.362 e. The molecule has 0 saturated carbocycles. The molecule has 2 aromatic rings. The third-order valence-corrected chi connectivity index (χ3v) is 5.30. The Morgan fingerprint density at radius 3 is 2.11 bits per heavy atom. The maximum Gasteiger partial charge on any atom is 0.255 e. The zero-order valence-corrected chi connectivity index (χ0v) is 16.7. The van der Waals surface area contributed by atoms with Gasteiger partial charge in [0.05, 0.1) is 12.0 Å². The highest BCUT2D eigenvalue weighted by molar-refractivity contribution is 5.95. The van der Waals surface area contributed by atoms with E-state index in [1.165, 1.54) is 5.56 Å². The number of nitrogens with zero attached hydrogens (tertiary/aromatic N) is 2. The molecule has 1 aromatic heterocycles. The van der Waals surface area contributed by atoms with Gasteiger partial charge < -0.3 is 14.8 Å². The van der Waals surface area contributed by atoms with Crippen molar-refractivity contribution in [2.45, 2.75) is 40.0 Å². The molecule has 1 aliphatic rings. The first-order chi connectivity index (χ1) is 12.8. The number of hydrogen-bond donors (Lipinski definition) is 1. The summed E-state index contributed by atoms with van der Waals surface area (Å²) in [6.07, 6.45) is 0.419. The quantitative estimate of drug-likeness (QED) is 0.902. The molecule has 27 heavy (non-hydrogen) atoms. The molecule has 0 aliphatic carbocycles. The third-order valence-electron chi connectivity index (χ3n) is 5.30. The Kier molecular flexibility index (Phi) is 5.68. The second kappa shape index (κ2) is 7.99. The lowest BCUT2D eigenvalue weighted by atomic mass is 10.0. The van der Waals surface area contributed by atoms with Crippen LogP contribution in [0.15, 0.2) is 30.3 Å². The summed E-state index contributed by atoms with van der Waals surface area (Å²) in [6.45, 7) is 10.6. The van der Waals surface area contributed by atoms with E-state index in [0.29, 0.717) is 38.5 Å². The molecule has 0 atom stereocenters. The van der Waals surface area contributed by atoms with Gasteiger partial charge in [0.25, 0.3) is 5.91 Å². The Bertz CT molecular complexity index is 813. The Morgan fingerprint density at radius 2 is 1.59 bits per heavy atom. The lowest BCUT2D eigenvalue weighted by molar-refractivity contribution is -0.131. The first-order valence-corrected chi connectivity index (χ1v) is 9.67. The monoisotopic (exact) mass is 367 g/mol. The molecule has 1 aromatic carbocycles. The third kappa shape index (κ3) is 4.41. The number of rotatable bonds is 4. The maximum absolute atomic E-state index is 12.7. The van der Waals surface area contributed by atoms with Crippen LogP contribution in [0.25, 0.3) is 0 Å². The molecule has 144 valence electrons. The van der Waals surface area contributed by atoms with Gasteiger partial charge in [-0.05, 0) is 37.0 Å². The van der Waals surface area contributed by atoms with Gasteiger partial charge in [-0.3, -0.25) is 9.59 Å². The van der Waals surface area contributed by atoms with Crippen molar-refractivity contribution in [3.8, 4) is 0 Å². The molecule has 0 bridgehead atoms. The number of aromatic amines is 1. The first-order valence-electron chi connectivity index (χ1n) is 9.67. The topological polar surface area (TPSA) is 56.4 Å². The average molecular weight is 367 g/mol. The number of hydrogen-bond acceptors (Lipinski definition) is 2. The van der Waals surface area contributed by atoms with Gasteiger partial charge in [0, 0.05) is 37.6 Å². The molecule has 0 radical (unpaired) electrons. The van der Waals surface area contributed by atoms with Crippen molar-refractivity contribution in [1.29, 1.82) is 0 Å². The average Bonchev–Trinajstić information content (AvgIpc) is 2.99. The molecule has 0 unspecified atom stereocenters. The summed E-state index contributed by atoms with van der Waals surface area (Å²) in [4.78, 5) is 32.2. The summed E-state index contributed by atoms with van der Waals surface area (Å²) in [5.74, 6) is 0.675. The smallest absolute Gasteiger partial charge is 0.255 e. The van der Waals surface area contributed by atoms with E-state index in [1.54, 1.807) is 0 Å². The minimum atomic E-state index is 0.0493. The molecule has 5 heteroatoms. The van der Waals surface area contributed by atoms with Gasteiger partial charge >= 0.3 is 0 Å². The van der Waals surface area contributed by atoms with Gasteiger partial charge in [-0.25, -0.2) is 0 Å². The highest BCUT2D eigenvalue weighted by atomic mass is 16.2. The van der Waals surface area contributed by atoms with Crippen LogP contribution in [-0.2, 0) is 11.2 Å². The summed E-state index contributed by atoms with van der Waals surface area (Å²) in [7, 11) is 0. The van der Waals surface area contributed by atoms with Crippen LogP contribution in [0.5, 0.6) is 0 Å². The van der Waals surface area contributed by atoms with Crippen molar-refractivity contribution in [3.63, 3.8) is 0 Å². The summed E-state index contributed by atoms with van der Waals surface area (Å²) in [5.41, 5.74) is 4.96. The van der Waals surface area contributed by atoms with Crippen molar-refractivity contribution >= 4 is 11.8 Å². The summed E-state index contributed by atoms with van der Waals surface area (Å²) in [5, 5.41) is 0. The van der Waals surface area contributed by atoms with E-state index in [-0.39, 0.29) is 11.8 Å². The fourth-order valence-electron chi connectivity index (χ4n) is 3.58. The molecule has 0 spiro atoms. The lowest BCUT2D eigenvalue weighted by Crippen LogP contribution is -2.51. The van der Waals surface area contributed by atoms with Gasteiger partial charge in [0.2, 0.25) is 5.91 Å². The SMILES string of the molecule is Cc1cc(C(=O)N2CCN(C(=O)Cc3ccc(C(C)C)cc3)CC2)c(C)[nH]1. The van der Waals surface area contributed by atoms with Crippen molar-refractivity contribution in [1.82, 2.24) is 14.8 Å². The maximum atomic E-state index is 12.7. The van der Waals surface area contributed by atoms with Crippen LogP contribution in [0, 0.1) is 13.8 Å². The van der Waals surface area contributed by atoms with E-state index in [0.717, 1.165) is 22.5 Å². The number of aryl methyl sites for hydroxylation is 2. The van der Waals surface area contributed by atoms with Gasteiger partial charge in [-0.15, -0.1) is 0 Å². The fourth-order valence-corrected chi connectivity index (χ4v) is 3.58. The highest BCUT2D eigenvalue weighted by Gasteiger charge is 2.26. The van der Waals surface area contributed by atoms with Crippen LogP contribution in [0.1, 0.15) is 52.6 Å². The number of piperazine rings is 1. The van der Waals surface area contributed by atoms with Gasteiger partial charge in [0.15, 0.2) is 0 Å². The Labute approximate surface area is 161 Å². The minimum absolute atomic E-state index is 0.0493. The Balaban J connectivity index is 1.54. The van der Waals surface area contributed by atoms with Crippen molar-refractivity contribution < 1.29 is 9.59 Å². The highest BCUT2D eigenvalue weighted by Crippen LogP contribution is 2.17. The molecule has 1 aliphatic heterocycles. The molecule has 1 N–H and O–H groups in total. The predicted octanol–water partition coefficient (Wildman–Crippen LogP) is 3.28. The van der Waals surface area contributed by atoms with Crippen molar-refractivity contribution in [3.05, 3.63) is 58.4 Å². The van der Waals surface area contributed by atoms with Crippen molar-refractivity contribution in [2.75, 3.05) is 26.2 Å². The van der Waals surface area contributed by atoms with Crippen LogP contribution < -0.4 is 0 Å². The molecule has 2 amide bonds. The second-order valence-electron chi connectivity index (χ2n) is 7.74. The fraction of sp³-hybridized carbons (Fsp3) is 0.455. The van der Waals surface area contributed by atoms with E-state index in [9.17, 15) is 9.59 Å². The van der Waals surface area contributed by atoms with E-state index in [2.05, 4.69) is 31.0 Å². The normalized spacial score (nSPS) is 14.7. The number of benzene rings is 1. The number of aromatic nitrogens is 1. The van der Waals surface area contributed by atoms with E-state index < -0.39 is 0 Å².